The first kappa shape index (κ1) is 13.5. The molecular formula is C13H13ClO3. The third kappa shape index (κ3) is 3.43. The predicted molar refractivity (Wildman–Crippen MR) is 66.4 cm³/mol. The lowest BCUT2D eigenvalue weighted by Gasteiger charge is -2.05. The number of aryl methyl sites for hydroxylation is 2. The molecule has 90 valence electrons. The Morgan fingerprint density at radius 1 is 1.18 bits per heavy atom. The first-order valence-electron chi connectivity index (χ1n) is 5.02. The number of halogens is 1. The van der Waals surface area contributed by atoms with E-state index in [-0.39, 0.29) is 5.78 Å². The number of carbonyl (C=O) groups is 2. The minimum atomic E-state index is -0.554. The highest BCUT2D eigenvalue weighted by Crippen LogP contribution is 2.21. The summed E-state index contributed by atoms with van der Waals surface area (Å²) in [6.45, 7) is 3.62. The molecule has 0 aliphatic carbocycles. The number of hydrogen-bond donors (Lipinski definition) is 0. The maximum atomic E-state index is 11.8. The highest BCUT2D eigenvalue weighted by Gasteiger charge is 2.09. The Morgan fingerprint density at radius 2 is 1.82 bits per heavy atom. The van der Waals surface area contributed by atoms with Crippen LogP contribution in [-0.2, 0) is 9.53 Å². The summed E-state index contributed by atoms with van der Waals surface area (Å²) in [6, 6.07) is 3.44. The number of methoxy groups -OCH3 is 1. The molecule has 0 unspecified atom stereocenters. The fourth-order valence-corrected chi connectivity index (χ4v) is 1.57. The number of carbonyl (C=O) groups excluding carboxylic acids is 2. The molecule has 0 saturated carbocycles. The SMILES string of the molecule is COC(=O)/C=C/C(=O)c1cc(C)c(Cl)cc1C. The van der Waals surface area contributed by atoms with Gasteiger partial charge in [-0.1, -0.05) is 11.6 Å². The molecule has 1 aromatic carbocycles. The molecule has 0 heterocycles. The second-order valence-electron chi connectivity index (χ2n) is 3.64. The Balaban J connectivity index is 3.01. The third-order valence-corrected chi connectivity index (χ3v) is 2.75. The molecule has 0 atom stereocenters. The van der Waals surface area contributed by atoms with Gasteiger partial charge in [-0.2, -0.15) is 0 Å². The van der Waals surface area contributed by atoms with Gasteiger partial charge in [0.05, 0.1) is 7.11 Å². The van der Waals surface area contributed by atoms with Gasteiger partial charge >= 0.3 is 5.97 Å². The van der Waals surface area contributed by atoms with Gasteiger partial charge in [-0.3, -0.25) is 4.79 Å². The Labute approximate surface area is 105 Å². The largest absolute Gasteiger partial charge is 0.466 e. The molecule has 0 fully saturated rings. The van der Waals surface area contributed by atoms with Crippen molar-refractivity contribution in [2.75, 3.05) is 7.11 Å². The van der Waals surface area contributed by atoms with E-state index >= 15 is 0 Å². The van der Waals surface area contributed by atoms with E-state index < -0.39 is 5.97 Å². The average Bonchev–Trinajstić information content (AvgIpc) is 2.30. The van der Waals surface area contributed by atoms with Crippen LogP contribution in [0.25, 0.3) is 0 Å². The molecule has 3 nitrogen and oxygen atoms in total. The van der Waals surface area contributed by atoms with Crippen LogP contribution < -0.4 is 0 Å². The minimum absolute atomic E-state index is 0.243. The molecule has 0 aliphatic rings. The van der Waals surface area contributed by atoms with Gasteiger partial charge in [-0.15, -0.1) is 0 Å². The van der Waals surface area contributed by atoms with Crippen molar-refractivity contribution in [2.24, 2.45) is 0 Å². The predicted octanol–water partition coefficient (Wildman–Crippen LogP) is 2.87. The summed E-state index contributed by atoms with van der Waals surface area (Å²) in [5.74, 6) is -0.797. The van der Waals surface area contributed by atoms with E-state index in [1.807, 2.05) is 6.92 Å². The number of allylic oxidation sites excluding steroid dienone is 1. The van der Waals surface area contributed by atoms with Crippen molar-refractivity contribution in [3.8, 4) is 0 Å². The van der Waals surface area contributed by atoms with E-state index in [0.29, 0.717) is 10.6 Å². The molecule has 0 saturated heterocycles. The van der Waals surface area contributed by atoms with Crippen molar-refractivity contribution >= 4 is 23.4 Å². The Morgan fingerprint density at radius 3 is 2.41 bits per heavy atom. The normalized spacial score (nSPS) is 10.6. The monoisotopic (exact) mass is 252 g/mol. The summed E-state index contributed by atoms with van der Waals surface area (Å²) in [5, 5.41) is 0.621. The van der Waals surface area contributed by atoms with E-state index in [1.165, 1.54) is 13.2 Å². The van der Waals surface area contributed by atoms with Gasteiger partial charge in [0.15, 0.2) is 5.78 Å². The second kappa shape index (κ2) is 5.64. The zero-order valence-electron chi connectivity index (χ0n) is 9.91. The molecule has 0 radical (unpaired) electrons. The molecule has 4 heteroatoms. The summed E-state index contributed by atoms with van der Waals surface area (Å²) in [4.78, 5) is 22.7. The van der Waals surface area contributed by atoms with Crippen LogP contribution in [0.3, 0.4) is 0 Å². The van der Waals surface area contributed by atoms with Crippen LogP contribution in [0.5, 0.6) is 0 Å². The van der Waals surface area contributed by atoms with Crippen LogP contribution in [0.15, 0.2) is 24.3 Å². The first-order chi connectivity index (χ1) is 7.95. The lowest BCUT2D eigenvalue weighted by atomic mass is 10.0. The molecule has 1 rings (SSSR count). The zero-order chi connectivity index (χ0) is 13.0. The van der Waals surface area contributed by atoms with E-state index in [4.69, 9.17) is 11.6 Å². The van der Waals surface area contributed by atoms with Gasteiger partial charge < -0.3 is 4.74 Å². The van der Waals surface area contributed by atoms with E-state index in [1.54, 1.807) is 19.1 Å². The van der Waals surface area contributed by atoms with Crippen molar-refractivity contribution in [1.29, 1.82) is 0 Å². The highest BCUT2D eigenvalue weighted by molar-refractivity contribution is 6.31. The second-order valence-corrected chi connectivity index (χ2v) is 4.04. The van der Waals surface area contributed by atoms with Crippen LogP contribution >= 0.6 is 11.6 Å². The number of ether oxygens (including phenoxy) is 1. The fraction of sp³-hybridized carbons (Fsp3) is 0.231. The van der Waals surface area contributed by atoms with Gasteiger partial charge in [-0.25, -0.2) is 4.79 Å². The maximum absolute atomic E-state index is 11.8. The molecular weight excluding hydrogens is 240 g/mol. The standard InChI is InChI=1S/C13H13ClO3/c1-8-7-11(14)9(2)6-10(8)12(15)4-5-13(16)17-3/h4-7H,1-3H3/b5-4+. The zero-order valence-corrected chi connectivity index (χ0v) is 10.7. The summed E-state index contributed by atoms with van der Waals surface area (Å²) >= 11 is 5.94. The topological polar surface area (TPSA) is 43.4 Å². The van der Waals surface area contributed by atoms with Crippen LogP contribution in [0.2, 0.25) is 5.02 Å². The van der Waals surface area contributed by atoms with Crippen molar-refractivity contribution in [3.05, 3.63) is 46.0 Å². The number of rotatable bonds is 3. The smallest absolute Gasteiger partial charge is 0.330 e. The van der Waals surface area contributed by atoms with E-state index in [9.17, 15) is 9.59 Å². The van der Waals surface area contributed by atoms with Crippen LogP contribution in [0.1, 0.15) is 21.5 Å². The van der Waals surface area contributed by atoms with Crippen molar-refractivity contribution in [2.45, 2.75) is 13.8 Å². The van der Waals surface area contributed by atoms with Crippen molar-refractivity contribution < 1.29 is 14.3 Å². The van der Waals surface area contributed by atoms with Gasteiger partial charge in [0, 0.05) is 16.7 Å². The summed E-state index contributed by atoms with van der Waals surface area (Å²) in [6.07, 6.45) is 2.30. The molecule has 0 bridgehead atoms. The molecule has 1 aromatic rings. The van der Waals surface area contributed by atoms with E-state index in [2.05, 4.69) is 4.74 Å². The maximum Gasteiger partial charge on any atom is 0.330 e. The Kier molecular flexibility index (Phi) is 4.46. The molecule has 17 heavy (non-hydrogen) atoms. The molecule has 0 aromatic heterocycles. The molecule has 0 amide bonds. The summed E-state index contributed by atoms with van der Waals surface area (Å²) in [5.41, 5.74) is 2.14. The van der Waals surface area contributed by atoms with Crippen molar-refractivity contribution in [1.82, 2.24) is 0 Å². The molecule has 0 spiro atoms. The lowest BCUT2D eigenvalue weighted by molar-refractivity contribution is -0.134. The lowest BCUT2D eigenvalue weighted by Crippen LogP contribution is -2.01. The third-order valence-electron chi connectivity index (χ3n) is 2.34. The number of benzene rings is 1. The number of hydrogen-bond acceptors (Lipinski definition) is 3. The van der Waals surface area contributed by atoms with Gasteiger partial charge in [0.1, 0.15) is 0 Å². The molecule has 0 N–H and O–H groups in total. The van der Waals surface area contributed by atoms with Crippen LogP contribution in [0, 0.1) is 13.8 Å². The quantitative estimate of drug-likeness (QED) is 0.472. The Bertz CT molecular complexity index is 490. The molecule has 0 aliphatic heterocycles. The number of ketones is 1. The van der Waals surface area contributed by atoms with E-state index in [0.717, 1.165) is 17.2 Å². The fourth-order valence-electron chi connectivity index (χ4n) is 1.35. The van der Waals surface area contributed by atoms with Crippen LogP contribution in [-0.4, -0.2) is 18.9 Å². The average molecular weight is 253 g/mol. The van der Waals surface area contributed by atoms with Crippen molar-refractivity contribution in [3.63, 3.8) is 0 Å². The van der Waals surface area contributed by atoms with Gasteiger partial charge in [0.25, 0.3) is 0 Å². The van der Waals surface area contributed by atoms with Gasteiger partial charge in [-0.05, 0) is 43.2 Å². The number of esters is 1. The Hall–Kier alpha value is -1.61. The summed E-state index contributed by atoms with van der Waals surface area (Å²) in [7, 11) is 1.26. The first-order valence-corrected chi connectivity index (χ1v) is 5.40. The highest BCUT2D eigenvalue weighted by atomic mass is 35.5. The van der Waals surface area contributed by atoms with Crippen LogP contribution in [0.4, 0.5) is 0 Å². The minimum Gasteiger partial charge on any atom is -0.466 e. The summed E-state index contributed by atoms with van der Waals surface area (Å²) < 4.78 is 4.41. The van der Waals surface area contributed by atoms with Gasteiger partial charge in [0.2, 0.25) is 0 Å².